The van der Waals surface area contributed by atoms with Gasteiger partial charge >= 0.3 is 5.69 Å². The van der Waals surface area contributed by atoms with Gasteiger partial charge in [0.25, 0.3) is 0 Å². The molecule has 0 aliphatic heterocycles. The van der Waals surface area contributed by atoms with Crippen LogP contribution in [0.1, 0.15) is 0 Å². The van der Waals surface area contributed by atoms with Crippen molar-refractivity contribution in [1.29, 1.82) is 5.26 Å². The van der Waals surface area contributed by atoms with Gasteiger partial charge in [-0.3, -0.25) is 9.20 Å². The van der Waals surface area contributed by atoms with E-state index in [1.165, 1.54) is 16.2 Å². The van der Waals surface area contributed by atoms with Crippen LogP contribution in [0.2, 0.25) is 0 Å². The second-order valence-electron chi connectivity index (χ2n) is 4.86. The Morgan fingerprint density at radius 2 is 2.04 bits per heavy atom. The maximum Gasteiger partial charge on any atom is 0.350 e. The van der Waals surface area contributed by atoms with Crippen LogP contribution in [-0.4, -0.2) is 25.8 Å². The van der Waals surface area contributed by atoms with E-state index in [4.69, 9.17) is 5.26 Å². The Bertz CT molecular complexity index is 986. The van der Waals surface area contributed by atoms with Crippen LogP contribution >= 0.6 is 11.8 Å². The van der Waals surface area contributed by atoms with Gasteiger partial charge in [0.1, 0.15) is 6.54 Å². The van der Waals surface area contributed by atoms with Gasteiger partial charge in [0.2, 0.25) is 5.91 Å². The molecule has 7 nitrogen and oxygen atoms in total. The van der Waals surface area contributed by atoms with E-state index in [0.29, 0.717) is 17.1 Å². The van der Waals surface area contributed by atoms with Crippen molar-refractivity contribution in [2.24, 2.45) is 0 Å². The number of anilines is 1. The Kier molecular flexibility index (Phi) is 4.63. The molecule has 0 fully saturated rings. The third-order valence-electron chi connectivity index (χ3n) is 3.24. The normalized spacial score (nSPS) is 10.5. The summed E-state index contributed by atoms with van der Waals surface area (Å²) >= 11 is 1.34. The quantitative estimate of drug-likeness (QED) is 0.715. The number of amides is 1. The molecule has 3 aromatic rings. The molecule has 0 unspecified atom stereocenters. The third-order valence-corrected chi connectivity index (χ3v) is 4.18. The summed E-state index contributed by atoms with van der Waals surface area (Å²) < 4.78 is 2.50. The van der Waals surface area contributed by atoms with Gasteiger partial charge in [-0.2, -0.15) is 5.26 Å². The molecule has 2 aromatic heterocycles. The smallest absolute Gasteiger partial charge is 0.323 e. The number of nitrogens with zero attached hydrogens (tertiary/aromatic N) is 4. The molecule has 0 atom stereocenters. The lowest BCUT2D eigenvalue weighted by Crippen LogP contribution is -2.28. The van der Waals surface area contributed by atoms with E-state index in [-0.39, 0.29) is 18.1 Å². The predicted octanol–water partition coefficient (Wildman–Crippen LogP) is 1.75. The first-order valence-electron chi connectivity index (χ1n) is 7.12. The van der Waals surface area contributed by atoms with Crippen molar-refractivity contribution in [2.75, 3.05) is 11.1 Å². The van der Waals surface area contributed by atoms with Crippen LogP contribution in [0.3, 0.4) is 0 Å². The summed E-state index contributed by atoms with van der Waals surface area (Å²) in [6.07, 6.45) is 1.60. The summed E-state index contributed by atoms with van der Waals surface area (Å²) in [4.78, 5) is 25.2. The fraction of sp³-hybridized carbons (Fsp3) is 0.125. The van der Waals surface area contributed by atoms with E-state index < -0.39 is 0 Å². The van der Waals surface area contributed by atoms with Gasteiger partial charge in [-0.25, -0.2) is 9.48 Å². The summed E-state index contributed by atoms with van der Waals surface area (Å²) in [6.45, 7) is -0.183. The Morgan fingerprint density at radius 1 is 1.25 bits per heavy atom. The number of fused-ring (bicyclic) bond motifs is 1. The summed E-state index contributed by atoms with van der Waals surface area (Å²) in [7, 11) is 0. The van der Waals surface area contributed by atoms with Crippen LogP contribution in [0.5, 0.6) is 0 Å². The molecular weight excluding hydrogens is 326 g/mol. The molecule has 24 heavy (non-hydrogen) atoms. The second kappa shape index (κ2) is 7.02. The maximum atomic E-state index is 12.2. The lowest BCUT2D eigenvalue weighted by atomic mass is 10.3. The average molecular weight is 339 g/mol. The second-order valence-corrected chi connectivity index (χ2v) is 5.88. The molecule has 0 radical (unpaired) electrons. The number of benzene rings is 1. The van der Waals surface area contributed by atoms with Gasteiger partial charge in [-0.15, -0.1) is 16.9 Å². The molecule has 0 spiro atoms. The number of thioether (sulfide) groups is 1. The minimum absolute atomic E-state index is 0.183. The van der Waals surface area contributed by atoms with E-state index in [0.717, 1.165) is 9.58 Å². The molecule has 3 rings (SSSR count). The summed E-state index contributed by atoms with van der Waals surface area (Å²) in [5.74, 6) is -0.0656. The number of aromatic nitrogens is 3. The lowest BCUT2D eigenvalue weighted by Gasteiger charge is -2.09. The molecule has 0 saturated heterocycles. The van der Waals surface area contributed by atoms with Gasteiger partial charge in [-0.1, -0.05) is 18.2 Å². The largest absolute Gasteiger partial charge is 0.350 e. The minimum Gasteiger partial charge on any atom is -0.323 e. The fourth-order valence-electron chi connectivity index (χ4n) is 2.20. The number of hydrogen-bond donors (Lipinski definition) is 1. The highest BCUT2D eigenvalue weighted by molar-refractivity contribution is 7.99. The van der Waals surface area contributed by atoms with Crippen LogP contribution in [0, 0.1) is 11.3 Å². The molecule has 120 valence electrons. The number of pyridine rings is 1. The zero-order chi connectivity index (χ0) is 16.9. The molecule has 0 bridgehead atoms. The van der Waals surface area contributed by atoms with Gasteiger partial charge in [-0.05, 0) is 24.3 Å². The number of carbonyl (C=O) groups is 1. The first-order chi connectivity index (χ1) is 11.7. The SMILES string of the molecule is N#CCSc1ccccc1NC(=O)Cn1nc2ccccn2c1=O. The minimum atomic E-state index is -0.368. The highest BCUT2D eigenvalue weighted by Crippen LogP contribution is 2.26. The van der Waals surface area contributed by atoms with Gasteiger partial charge in [0.05, 0.1) is 17.5 Å². The van der Waals surface area contributed by atoms with Crippen LogP contribution in [0.15, 0.2) is 58.4 Å². The third kappa shape index (κ3) is 3.31. The van der Waals surface area contributed by atoms with Crippen molar-refractivity contribution in [1.82, 2.24) is 14.2 Å². The number of nitriles is 1. The van der Waals surface area contributed by atoms with Crippen molar-refractivity contribution in [3.63, 3.8) is 0 Å². The average Bonchev–Trinajstić information content (AvgIpc) is 2.90. The van der Waals surface area contributed by atoms with Crippen LogP contribution < -0.4 is 11.0 Å². The lowest BCUT2D eigenvalue weighted by molar-refractivity contribution is -0.117. The highest BCUT2D eigenvalue weighted by atomic mass is 32.2. The molecule has 1 N–H and O–H groups in total. The molecule has 0 aliphatic rings. The number of nitrogens with one attached hydrogen (secondary N) is 1. The topological polar surface area (TPSA) is 92.2 Å². The standard InChI is InChI=1S/C16H13N5O2S/c17-8-10-24-13-6-2-1-5-12(13)18-15(22)11-21-16(23)20-9-4-3-7-14(20)19-21/h1-7,9H,10-11H2,(H,18,22). The number of hydrogen-bond acceptors (Lipinski definition) is 5. The Morgan fingerprint density at radius 3 is 2.83 bits per heavy atom. The molecule has 0 saturated carbocycles. The molecular formula is C16H13N5O2S. The zero-order valence-corrected chi connectivity index (χ0v) is 13.4. The zero-order valence-electron chi connectivity index (χ0n) is 12.5. The predicted molar refractivity (Wildman–Crippen MR) is 90.9 cm³/mol. The van der Waals surface area contributed by atoms with E-state index in [1.54, 1.807) is 36.5 Å². The first-order valence-corrected chi connectivity index (χ1v) is 8.10. The van der Waals surface area contributed by atoms with E-state index in [1.807, 2.05) is 12.1 Å². The van der Waals surface area contributed by atoms with Gasteiger partial charge in [0, 0.05) is 11.1 Å². The van der Waals surface area contributed by atoms with E-state index in [9.17, 15) is 9.59 Å². The maximum absolute atomic E-state index is 12.2. The van der Waals surface area contributed by atoms with Crippen molar-refractivity contribution in [3.8, 4) is 6.07 Å². The number of para-hydroxylation sites is 1. The van der Waals surface area contributed by atoms with Crippen molar-refractivity contribution in [3.05, 3.63) is 59.1 Å². The van der Waals surface area contributed by atoms with Crippen molar-refractivity contribution >= 4 is 29.0 Å². The van der Waals surface area contributed by atoms with Crippen molar-refractivity contribution in [2.45, 2.75) is 11.4 Å². The summed E-state index contributed by atoms with van der Waals surface area (Å²) in [5, 5.41) is 15.6. The van der Waals surface area contributed by atoms with Crippen molar-refractivity contribution < 1.29 is 4.79 Å². The highest BCUT2D eigenvalue weighted by Gasteiger charge is 2.12. The monoisotopic (exact) mass is 339 g/mol. The van der Waals surface area contributed by atoms with E-state index in [2.05, 4.69) is 16.5 Å². The Balaban J connectivity index is 1.77. The van der Waals surface area contributed by atoms with Crippen LogP contribution in [-0.2, 0) is 11.3 Å². The molecule has 0 aliphatic carbocycles. The van der Waals surface area contributed by atoms with Crippen LogP contribution in [0.4, 0.5) is 5.69 Å². The Labute approximate surface area is 141 Å². The van der Waals surface area contributed by atoms with Gasteiger partial charge in [0.15, 0.2) is 5.65 Å². The molecule has 8 heteroatoms. The summed E-state index contributed by atoms with van der Waals surface area (Å²) in [5.41, 5.74) is 0.729. The van der Waals surface area contributed by atoms with Crippen LogP contribution in [0.25, 0.3) is 5.65 Å². The molecule has 1 aromatic carbocycles. The number of carbonyl (C=O) groups excluding carboxylic acids is 1. The first kappa shape index (κ1) is 15.8. The van der Waals surface area contributed by atoms with Gasteiger partial charge < -0.3 is 5.32 Å². The molecule has 2 heterocycles. The summed E-state index contributed by atoms with van der Waals surface area (Å²) in [6, 6.07) is 14.5. The van der Waals surface area contributed by atoms with E-state index >= 15 is 0 Å². The Hall–Kier alpha value is -3.05. The fourth-order valence-corrected chi connectivity index (χ4v) is 2.87. The number of rotatable bonds is 5. The molecule has 1 amide bonds.